The van der Waals surface area contributed by atoms with E-state index in [0.29, 0.717) is 5.28 Å². The van der Waals surface area contributed by atoms with Gasteiger partial charge < -0.3 is 14.5 Å². The van der Waals surface area contributed by atoms with Gasteiger partial charge in [-0.2, -0.15) is 0 Å². The van der Waals surface area contributed by atoms with Gasteiger partial charge in [0.05, 0.1) is 25.6 Å². The molecule has 0 spiro atoms. The number of benzene rings is 2. The molecule has 2 aromatic carbocycles. The third kappa shape index (κ3) is 2.78. The van der Waals surface area contributed by atoms with Gasteiger partial charge in [0.25, 0.3) is 0 Å². The molecule has 0 atom stereocenters. The molecule has 3 rings (SSSR count). The van der Waals surface area contributed by atoms with Crippen LogP contribution >= 0.6 is 11.6 Å². The highest BCUT2D eigenvalue weighted by atomic mass is 35.5. The molecule has 112 valence electrons. The first-order chi connectivity index (χ1) is 10.7. The van der Waals surface area contributed by atoms with Gasteiger partial charge in [0.1, 0.15) is 11.5 Å². The summed E-state index contributed by atoms with van der Waals surface area (Å²) in [5.74, 6) is 1.55. The molecule has 22 heavy (non-hydrogen) atoms. The standard InChI is InChI=1S/C17H15ClN2O2/c1-21-13-7-3-5-11(9-13)15-16(20-17(18)19-15)12-6-4-8-14(10-12)22-2/h3-10H,1-2H3,(H,19,20). The summed E-state index contributed by atoms with van der Waals surface area (Å²) in [4.78, 5) is 7.51. The molecule has 1 aromatic heterocycles. The van der Waals surface area contributed by atoms with Crippen LogP contribution in [0.4, 0.5) is 0 Å². The summed E-state index contributed by atoms with van der Waals surface area (Å²) in [6.07, 6.45) is 0. The van der Waals surface area contributed by atoms with E-state index in [1.54, 1.807) is 14.2 Å². The van der Waals surface area contributed by atoms with Gasteiger partial charge >= 0.3 is 0 Å². The van der Waals surface area contributed by atoms with Gasteiger partial charge in [0, 0.05) is 11.1 Å². The van der Waals surface area contributed by atoms with Gasteiger partial charge in [-0.05, 0) is 35.9 Å². The van der Waals surface area contributed by atoms with Gasteiger partial charge in [-0.1, -0.05) is 24.3 Å². The smallest absolute Gasteiger partial charge is 0.201 e. The molecule has 5 heteroatoms. The number of H-pyrrole nitrogens is 1. The Morgan fingerprint density at radius 3 is 2.14 bits per heavy atom. The Bertz CT molecular complexity index is 734. The number of imidazole rings is 1. The van der Waals surface area contributed by atoms with Crippen LogP contribution in [0, 0.1) is 0 Å². The molecule has 0 fully saturated rings. The zero-order valence-electron chi connectivity index (χ0n) is 12.3. The number of aromatic nitrogens is 2. The van der Waals surface area contributed by atoms with Crippen LogP contribution in [0.2, 0.25) is 5.28 Å². The van der Waals surface area contributed by atoms with E-state index < -0.39 is 0 Å². The fourth-order valence-corrected chi connectivity index (χ4v) is 2.49. The lowest BCUT2D eigenvalue weighted by atomic mass is 10.0. The highest BCUT2D eigenvalue weighted by Crippen LogP contribution is 2.34. The molecule has 3 aromatic rings. The molecule has 0 aliphatic carbocycles. The molecular weight excluding hydrogens is 300 g/mol. The summed E-state index contributed by atoms with van der Waals surface area (Å²) in [6.45, 7) is 0. The van der Waals surface area contributed by atoms with Gasteiger partial charge in [-0.15, -0.1) is 0 Å². The fraction of sp³-hybridized carbons (Fsp3) is 0.118. The predicted molar refractivity (Wildman–Crippen MR) is 87.6 cm³/mol. The molecule has 0 aliphatic heterocycles. The quantitative estimate of drug-likeness (QED) is 0.775. The van der Waals surface area contributed by atoms with Crippen molar-refractivity contribution in [2.45, 2.75) is 0 Å². The summed E-state index contributed by atoms with van der Waals surface area (Å²) in [5, 5.41) is 0.343. The monoisotopic (exact) mass is 314 g/mol. The van der Waals surface area contributed by atoms with Crippen LogP contribution in [-0.2, 0) is 0 Å². The average molecular weight is 315 g/mol. The van der Waals surface area contributed by atoms with Crippen LogP contribution in [0.25, 0.3) is 22.5 Å². The lowest BCUT2D eigenvalue weighted by Gasteiger charge is -2.07. The maximum absolute atomic E-state index is 6.08. The zero-order valence-corrected chi connectivity index (χ0v) is 13.0. The van der Waals surface area contributed by atoms with Gasteiger partial charge in [0.15, 0.2) is 0 Å². The number of rotatable bonds is 4. The Morgan fingerprint density at radius 2 is 1.50 bits per heavy atom. The van der Waals surface area contributed by atoms with E-state index in [2.05, 4.69) is 9.97 Å². The molecule has 1 heterocycles. The van der Waals surface area contributed by atoms with E-state index in [1.165, 1.54) is 0 Å². The molecular formula is C17H15ClN2O2. The minimum atomic E-state index is 0.343. The van der Waals surface area contributed by atoms with E-state index >= 15 is 0 Å². The predicted octanol–water partition coefficient (Wildman–Crippen LogP) is 4.41. The van der Waals surface area contributed by atoms with Crippen LogP contribution in [0.1, 0.15) is 0 Å². The van der Waals surface area contributed by atoms with Crippen molar-refractivity contribution in [2.24, 2.45) is 0 Å². The van der Waals surface area contributed by atoms with Crippen molar-refractivity contribution in [3.63, 3.8) is 0 Å². The number of nitrogens with zero attached hydrogens (tertiary/aromatic N) is 1. The molecule has 0 saturated heterocycles. The molecule has 4 nitrogen and oxygen atoms in total. The van der Waals surface area contributed by atoms with Crippen molar-refractivity contribution in [3.05, 3.63) is 53.8 Å². The number of methoxy groups -OCH3 is 2. The van der Waals surface area contributed by atoms with Gasteiger partial charge in [-0.3, -0.25) is 0 Å². The molecule has 0 unspecified atom stereocenters. The third-order valence-electron chi connectivity index (χ3n) is 3.38. The van der Waals surface area contributed by atoms with E-state index in [0.717, 1.165) is 34.0 Å². The second-order valence-electron chi connectivity index (χ2n) is 4.72. The number of aromatic amines is 1. The SMILES string of the molecule is COc1cccc(-c2nc(Cl)[nH]c2-c2cccc(OC)c2)c1. The van der Waals surface area contributed by atoms with Crippen molar-refractivity contribution in [2.75, 3.05) is 14.2 Å². The second kappa shape index (κ2) is 6.12. The summed E-state index contributed by atoms with van der Waals surface area (Å²) in [6, 6.07) is 15.5. The number of hydrogen-bond acceptors (Lipinski definition) is 3. The van der Waals surface area contributed by atoms with E-state index in [9.17, 15) is 0 Å². The van der Waals surface area contributed by atoms with Crippen molar-refractivity contribution in [3.8, 4) is 34.0 Å². The number of nitrogens with one attached hydrogen (secondary N) is 1. The minimum Gasteiger partial charge on any atom is -0.497 e. The van der Waals surface area contributed by atoms with Crippen LogP contribution < -0.4 is 9.47 Å². The Morgan fingerprint density at radius 1 is 0.909 bits per heavy atom. The molecule has 0 aliphatic rings. The van der Waals surface area contributed by atoms with Crippen molar-refractivity contribution in [1.29, 1.82) is 0 Å². The molecule has 0 radical (unpaired) electrons. The normalized spacial score (nSPS) is 10.5. The first kappa shape index (κ1) is 14.5. The average Bonchev–Trinajstić information content (AvgIpc) is 2.97. The molecule has 0 bridgehead atoms. The van der Waals surface area contributed by atoms with Crippen molar-refractivity contribution in [1.82, 2.24) is 9.97 Å². The largest absolute Gasteiger partial charge is 0.497 e. The van der Waals surface area contributed by atoms with Gasteiger partial charge in [-0.25, -0.2) is 4.98 Å². The fourth-order valence-electron chi connectivity index (χ4n) is 2.31. The van der Waals surface area contributed by atoms with Gasteiger partial charge in [0.2, 0.25) is 5.28 Å². The molecule has 0 amide bonds. The Kier molecular flexibility index (Phi) is 4.02. The summed E-state index contributed by atoms with van der Waals surface area (Å²) in [5.41, 5.74) is 3.51. The zero-order chi connectivity index (χ0) is 15.5. The first-order valence-corrected chi connectivity index (χ1v) is 7.13. The van der Waals surface area contributed by atoms with Crippen LogP contribution in [0.5, 0.6) is 11.5 Å². The van der Waals surface area contributed by atoms with E-state index in [1.807, 2.05) is 48.5 Å². The maximum Gasteiger partial charge on any atom is 0.201 e. The first-order valence-electron chi connectivity index (χ1n) is 6.75. The highest BCUT2D eigenvalue weighted by molar-refractivity contribution is 6.28. The summed E-state index contributed by atoms with van der Waals surface area (Å²) < 4.78 is 10.6. The third-order valence-corrected chi connectivity index (χ3v) is 3.56. The highest BCUT2D eigenvalue weighted by Gasteiger charge is 2.14. The topological polar surface area (TPSA) is 47.1 Å². The van der Waals surface area contributed by atoms with E-state index in [-0.39, 0.29) is 0 Å². The molecule has 1 N–H and O–H groups in total. The Balaban J connectivity index is 2.13. The lowest BCUT2D eigenvalue weighted by Crippen LogP contribution is -1.88. The van der Waals surface area contributed by atoms with E-state index in [4.69, 9.17) is 21.1 Å². The lowest BCUT2D eigenvalue weighted by molar-refractivity contribution is 0.415. The number of ether oxygens (including phenoxy) is 2. The van der Waals surface area contributed by atoms with Crippen molar-refractivity contribution >= 4 is 11.6 Å². The Labute approximate surface area is 133 Å². The Hall–Kier alpha value is -2.46. The number of halogens is 1. The van der Waals surface area contributed by atoms with Crippen LogP contribution in [0.15, 0.2) is 48.5 Å². The summed E-state index contributed by atoms with van der Waals surface area (Å²) >= 11 is 6.08. The molecule has 0 saturated carbocycles. The second-order valence-corrected chi connectivity index (χ2v) is 5.07. The van der Waals surface area contributed by atoms with Crippen LogP contribution in [0.3, 0.4) is 0 Å². The minimum absolute atomic E-state index is 0.343. The summed E-state index contributed by atoms with van der Waals surface area (Å²) in [7, 11) is 3.28. The van der Waals surface area contributed by atoms with Crippen molar-refractivity contribution < 1.29 is 9.47 Å². The number of hydrogen-bond donors (Lipinski definition) is 1. The maximum atomic E-state index is 6.08. The van der Waals surface area contributed by atoms with Crippen LogP contribution in [-0.4, -0.2) is 24.2 Å².